The van der Waals surface area contributed by atoms with Crippen molar-refractivity contribution in [3.8, 4) is 11.5 Å². The maximum atomic E-state index is 13.1. The van der Waals surface area contributed by atoms with Crippen LogP contribution < -0.4 is 10.1 Å². The van der Waals surface area contributed by atoms with Gasteiger partial charge >= 0.3 is 0 Å². The van der Waals surface area contributed by atoms with Crippen molar-refractivity contribution >= 4 is 0 Å². The second-order valence-corrected chi connectivity index (χ2v) is 3.01. The average Bonchev–Trinajstić information content (AvgIpc) is 1.99. The summed E-state index contributed by atoms with van der Waals surface area (Å²) in [6.07, 6.45) is 0.0547. The Balaban J connectivity index is 2.10. The molecule has 0 bridgehead atoms. The summed E-state index contributed by atoms with van der Waals surface area (Å²) in [6.45, 7) is 1.50. The molecule has 13 heavy (non-hydrogen) atoms. The first-order valence-corrected chi connectivity index (χ1v) is 4.11. The van der Waals surface area contributed by atoms with E-state index in [1.54, 1.807) is 0 Å². The minimum atomic E-state index is -0.521. The average molecular weight is 183 g/mol. The van der Waals surface area contributed by atoms with E-state index < -0.39 is 5.82 Å². The number of hydrogen-bond acceptors (Lipinski definition) is 3. The van der Waals surface area contributed by atoms with Gasteiger partial charge in [0.05, 0.1) is 0 Å². The Kier molecular flexibility index (Phi) is 2.06. The minimum absolute atomic E-state index is 0.0547. The molecule has 0 aromatic heterocycles. The summed E-state index contributed by atoms with van der Waals surface area (Å²) in [5.41, 5.74) is 0. The van der Waals surface area contributed by atoms with E-state index in [0.717, 1.165) is 19.2 Å². The van der Waals surface area contributed by atoms with Crippen molar-refractivity contribution in [2.45, 2.75) is 6.10 Å². The Morgan fingerprint density at radius 3 is 2.77 bits per heavy atom. The van der Waals surface area contributed by atoms with Gasteiger partial charge in [0, 0.05) is 19.2 Å². The summed E-state index contributed by atoms with van der Waals surface area (Å²) >= 11 is 0. The van der Waals surface area contributed by atoms with Crippen LogP contribution in [0, 0.1) is 5.82 Å². The number of ether oxygens (including phenoxy) is 1. The molecule has 1 fully saturated rings. The molecule has 0 aliphatic carbocycles. The number of aromatic hydroxyl groups is 1. The van der Waals surface area contributed by atoms with Crippen molar-refractivity contribution < 1.29 is 14.2 Å². The zero-order chi connectivity index (χ0) is 9.26. The molecule has 0 spiro atoms. The van der Waals surface area contributed by atoms with E-state index in [2.05, 4.69) is 5.32 Å². The molecule has 0 atom stereocenters. The standard InChI is InChI=1S/C9H10FNO2/c10-8-3-6(12)1-2-9(8)13-7-4-11-5-7/h1-3,7,11-12H,4-5H2. The number of halogens is 1. The van der Waals surface area contributed by atoms with Crippen LogP contribution in [0.15, 0.2) is 18.2 Å². The van der Waals surface area contributed by atoms with Crippen LogP contribution in [0.25, 0.3) is 0 Å². The second-order valence-electron chi connectivity index (χ2n) is 3.01. The summed E-state index contributed by atoms with van der Waals surface area (Å²) in [5.74, 6) is -0.409. The predicted molar refractivity (Wildman–Crippen MR) is 45.4 cm³/mol. The van der Waals surface area contributed by atoms with Gasteiger partial charge in [0.1, 0.15) is 11.9 Å². The largest absolute Gasteiger partial charge is 0.508 e. The first kappa shape index (κ1) is 8.31. The van der Waals surface area contributed by atoms with Gasteiger partial charge in [0.25, 0.3) is 0 Å². The van der Waals surface area contributed by atoms with Crippen molar-refractivity contribution in [3.05, 3.63) is 24.0 Å². The van der Waals surface area contributed by atoms with Crippen LogP contribution in [0.1, 0.15) is 0 Å². The zero-order valence-corrected chi connectivity index (χ0v) is 6.96. The van der Waals surface area contributed by atoms with Gasteiger partial charge in [-0.25, -0.2) is 4.39 Å². The molecule has 0 saturated carbocycles. The molecule has 1 aromatic carbocycles. The molecule has 1 saturated heterocycles. The predicted octanol–water partition coefficient (Wildman–Crippen LogP) is 0.882. The highest BCUT2D eigenvalue weighted by molar-refractivity contribution is 5.32. The molecule has 0 unspecified atom stereocenters. The van der Waals surface area contributed by atoms with Crippen molar-refractivity contribution in [1.29, 1.82) is 0 Å². The Labute approximate surface area is 75.1 Å². The number of hydrogen-bond donors (Lipinski definition) is 2. The molecule has 0 amide bonds. The van der Waals surface area contributed by atoms with Crippen LogP contribution >= 0.6 is 0 Å². The Hall–Kier alpha value is -1.29. The molecule has 1 aliphatic rings. The van der Waals surface area contributed by atoms with Gasteiger partial charge in [-0.2, -0.15) is 0 Å². The van der Waals surface area contributed by atoms with Gasteiger partial charge in [0.2, 0.25) is 0 Å². The van der Waals surface area contributed by atoms with Gasteiger partial charge in [-0.3, -0.25) is 0 Å². The van der Waals surface area contributed by atoms with E-state index in [9.17, 15) is 4.39 Å². The van der Waals surface area contributed by atoms with Crippen LogP contribution in [-0.2, 0) is 0 Å². The molecular formula is C9H10FNO2. The smallest absolute Gasteiger partial charge is 0.168 e. The molecule has 2 rings (SSSR count). The summed E-state index contributed by atoms with van der Waals surface area (Å²) in [4.78, 5) is 0. The van der Waals surface area contributed by atoms with Crippen LogP contribution in [0.3, 0.4) is 0 Å². The van der Waals surface area contributed by atoms with E-state index in [-0.39, 0.29) is 17.6 Å². The van der Waals surface area contributed by atoms with Crippen LogP contribution in [0.5, 0.6) is 11.5 Å². The zero-order valence-electron chi connectivity index (χ0n) is 6.96. The highest BCUT2D eigenvalue weighted by Crippen LogP contribution is 2.22. The third-order valence-electron chi connectivity index (χ3n) is 1.95. The lowest BCUT2D eigenvalue weighted by molar-refractivity contribution is 0.136. The molecule has 70 valence electrons. The van der Waals surface area contributed by atoms with Crippen LogP contribution in [0.2, 0.25) is 0 Å². The lowest BCUT2D eigenvalue weighted by Crippen LogP contribution is -2.50. The van der Waals surface area contributed by atoms with Crippen LogP contribution in [-0.4, -0.2) is 24.3 Å². The number of phenolic OH excluding ortho intramolecular Hbond substituents is 1. The van der Waals surface area contributed by atoms with Gasteiger partial charge in [-0.15, -0.1) is 0 Å². The lowest BCUT2D eigenvalue weighted by Gasteiger charge is -2.27. The van der Waals surface area contributed by atoms with Crippen molar-refractivity contribution in [1.82, 2.24) is 5.32 Å². The van der Waals surface area contributed by atoms with Gasteiger partial charge < -0.3 is 15.2 Å². The molecule has 2 N–H and O–H groups in total. The maximum absolute atomic E-state index is 13.1. The molecule has 1 aromatic rings. The third kappa shape index (κ3) is 1.72. The molecule has 1 aliphatic heterocycles. The van der Waals surface area contributed by atoms with E-state index in [1.165, 1.54) is 12.1 Å². The Morgan fingerprint density at radius 2 is 2.23 bits per heavy atom. The van der Waals surface area contributed by atoms with Gasteiger partial charge in [-0.1, -0.05) is 0 Å². The SMILES string of the molecule is Oc1ccc(OC2CNC2)c(F)c1. The normalized spacial score (nSPS) is 16.7. The molecule has 0 radical (unpaired) electrons. The quantitative estimate of drug-likeness (QED) is 0.715. The fraction of sp³-hybridized carbons (Fsp3) is 0.333. The molecule has 4 heteroatoms. The van der Waals surface area contributed by atoms with E-state index in [4.69, 9.17) is 9.84 Å². The summed E-state index contributed by atoms with van der Waals surface area (Å²) in [6, 6.07) is 3.88. The lowest BCUT2D eigenvalue weighted by atomic mass is 10.2. The van der Waals surface area contributed by atoms with Gasteiger partial charge in [0.15, 0.2) is 11.6 Å². The van der Waals surface area contributed by atoms with E-state index in [0.29, 0.717) is 0 Å². The van der Waals surface area contributed by atoms with Crippen LogP contribution in [0.4, 0.5) is 4.39 Å². The number of nitrogens with one attached hydrogen (secondary N) is 1. The Morgan fingerprint density at radius 1 is 1.46 bits per heavy atom. The van der Waals surface area contributed by atoms with Crippen molar-refractivity contribution in [2.24, 2.45) is 0 Å². The molecule has 1 heterocycles. The van der Waals surface area contributed by atoms with Crippen molar-refractivity contribution in [2.75, 3.05) is 13.1 Å². The summed E-state index contributed by atoms with van der Waals surface area (Å²) in [7, 11) is 0. The summed E-state index contributed by atoms with van der Waals surface area (Å²) in [5, 5.41) is 12.0. The highest BCUT2D eigenvalue weighted by atomic mass is 19.1. The topological polar surface area (TPSA) is 41.5 Å². The number of benzene rings is 1. The highest BCUT2D eigenvalue weighted by Gasteiger charge is 2.19. The molecule has 3 nitrogen and oxygen atoms in total. The van der Waals surface area contributed by atoms with Crippen molar-refractivity contribution in [3.63, 3.8) is 0 Å². The summed E-state index contributed by atoms with van der Waals surface area (Å²) < 4.78 is 18.4. The fourth-order valence-electron chi connectivity index (χ4n) is 1.11. The first-order valence-electron chi connectivity index (χ1n) is 4.11. The second kappa shape index (κ2) is 3.22. The fourth-order valence-corrected chi connectivity index (χ4v) is 1.11. The van der Waals surface area contributed by atoms with Gasteiger partial charge in [-0.05, 0) is 12.1 Å². The van der Waals surface area contributed by atoms with E-state index >= 15 is 0 Å². The molecular weight excluding hydrogens is 173 g/mol. The first-order chi connectivity index (χ1) is 6.25. The van der Waals surface area contributed by atoms with E-state index in [1.807, 2.05) is 0 Å². The number of rotatable bonds is 2. The number of phenols is 1. The monoisotopic (exact) mass is 183 g/mol. The Bertz CT molecular complexity index is 312. The minimum Gasteiger partial charge on any atom is -0.508 e. The maximum Gasteiger partial charge on any atom is 0.168 e. The third-order valence-corrected chi connectivity index (χ3v) is 1.95.